The normalized spacial score (nSPS) is 11.1. The summed E-state index contributed by atoms with van der Waals surface area (Å²) in [7, 11) is 1.76. The van der Waals surface area contributed by atoms with Gasteiger partial charge in [0.1, 0.15) is 11.5 Å². The SMILES string of the molecule is Cc1cccc([N+](=O)[O-])c1-c1nn(C)c(N)c1CC(C)C. The van der Waals surface area contributed by atoms with E-state index in [1.807, 2.05) is 13.0 Å². The average Bonchev–Trinajstić information content (AvgIpc) is 2.66. The van der Waals surface area contributed by atoms with Crippen molar-refractivity contribution in [2.45, 2.75) is 27.2 Å². The molecule has 2 N–H and O–H groups in total. The summed E-state index contributed by atoms with van der Waals surface area (Å²) in [4.78, 5) is 10.9. The Kier molecular flexibility index (Phi) is 3.97. The second-order valence-electron chi connectivity index (χ2n) is 5.66. The minimum Gasteiger partial charge on any atom is -0.384 e. The number of benzene rings is 1. The highest BCUT2D eigenvalue weighted by atomic mass is 16.6. The van der Waals surface area contributed by atoms with Crippen molar-refractivity contribution in [2.75, 3.05) is 5.73 Å². The molecule has 6 nitrogen and oxygen atoms in total. The van der Waals surface area contributed by atoms with E-state index in [4.69, 9.17) is 5.73 Å². The Morgan fingerprint density at radius 3 is 2.67 bits per heavy atom. The fraction of sp³-hybridized carbons (Fsp3) is 0.400. The van der Waals surface area contributed by atoms with Crippen LogP contribution in [-0.2, 0) is 13.5 Å². The Labute approximate surface area is 123 Å². The van der Waals surface area contributed by atoms with Crippen molar-refractivity contribution in [3.8, 4) is 11.3 Å². The molecule has 6 heteroatoms. The van der Waals surface area contributed by atoms with Gasteiger partial charge in [0.2, 0.25) is 0 Å². The van der Waals surface area contributed by atoms with E-state index in [0.717, 1.165) is 17.5 Å². The van der Waals surface area contributed by atoms with E-state index in [0.29, 0.717) is 23.0 Å². The van der Waals surface area contributed by atoms with Crippen LogP contribution >= 0.6 is 0 Å². The number of aryl methyl sites for hydroxylation is 2. The van der Waals surface area contributed by atoms with Gasteiger partial charge in [0.25, 0.3) is 5.69 Å². The molecule has 0 saturated carbocycles. The van der Waals surface area contributed by atoms with Gasteiger partial charge in [-0.3, -0.25) is 14.8 Å². The highest BCUT2D eigenvalue weighted by Crippen LogP contribution is 2.36. The van der Waals surface area contributed by atoms with Gasteiger partial charge in [-0.05, 0) is 24.8 Å². The second-order valence-corrected chi connectivity index (χ2v) is 5.66. The number of aromatic nitrogens is 2. The zero-order valence-electron chi connectivity index (χ0n) is 12.8. The summed E-state index contributed by atoms with van der Waals surface area (Å²) >= 11 is 0. The van der Waals surface area contributed by atoms with Crippen molar-refractivity contribution in [3.63, 3.8) is 0 Å². The molecule has 0 bridgehead atoms. The van der Waals surface area contributed by atoms with E-state index in [-0.39, 0.29) is 10.6 Å². The standard InChI is InChI=1S/C15H20N4O2/c1-9(2)8-11-14(17-18(4)15(11)16)13-10(3)6-5-7-12(13)19(20)21/h5-7,9H,8,16H2,1-4H3. The van der Waals surface area contributed by atoms with Crippen LogP contribution in [0, 0.1) is 23.0 Å². The lowest BCUT2D eigenvalue weighted by atomic mass is 9.95. The van der Waals surface area contributed by atoms with Crippen molar-refractivity contribution in [1.29, 1.82) is 0 Å². The molecule has 0 aliphatic rings. The summed E-state index contributed by atoms with van der Waals surface area (Å²) < 4.78 is 1.59. The molecular formula is C15H20N4O2. The molecule has 0 spiro atoms. The Hall–Kier alpha value is -2.37. The van der Waals surface area contributed by atoms with E-state index >= 15 is 0 Å². The quantitative estimate of drug-likeness (QED) is 0.691. The van der Waals surface area contributed by atoms with Crippen LogP contribution in [-0.4, -0.2) is 14.7 Å². The Morgan fingerprint density at radius 1 is 1.43 bits per heavy atom. The van der Waals surface area contributed by atoms with E-state index < -0.39 is 0 Å². The molecule has 0 aliphatic heterocycles. The summed E-state index contributed by atoms with van der Waals surface area (Å²) in [6.07, 6.45) is 0.737. The lowest BCUT2D eigenvalue weighted by Crippen LogP contribution is -2.02. The van der Waals surface area contributed by atoms with Crippen molar-refractivity contribution in [3.05, 3.63) is 39.4 Å². The lowest BCUT2D eigenvalue weighted by Gasteiger charge is -2.09. The van der Waals surface area contributed by atoms with Crippen molar-refractivity contribution in [1.82, 2.24) is 9.78 Å². The molecule has 1 aromatic heterocycles. The van der Waals surface area contributed by atoms with E-state index in [2.05, 4.69) is 18.9 Å². The monoisotopic (exact) mass is 288 g/mol. The summed E-state index contributed by atoms with van der Waals surface area (Å²) in [6, 6.07) is 5.05. The van der Waals surface area contributed by atoms with Gasteiger partial charge in [-0.15, -0.1) is 0 Å². The molecule has 0 radical (unpaired) electrons. The van der Waals surface area contributed by atoms with Crippen LogP contribution in [0.4, 0.5) is 11.5 Å². The highest BCUT2D eigenvalue weighted by molar-refractivity contribution is 5.78. The third kappa shape index (κ3) is 2.74. The molecule has 112 valence electrons. The minimum atomic E-state index is -0.369. The van der Waals surface area contributed by atoms with E-state index in [1.54, 1.807) is 17.8 Å². The first-order valence-corrected chi connectivity index (χ1v) is 6.88. The number of nitrogens with two attached hydrogens (primary N) is 1. The minimum absolute atomic E-state index is 0.0677. The van der Waals surface area contributed by atoms with Gasteiger partial charge >= 0.3 is 0 Å². The van der Waals surface area contributed by atoms with Crippen molar-refractivity contribution in [2.24, 2.45) is 13.0 Å². The molecule has 21 heavy (non-hydrogen) atoms. The molecule has 1 aromatic carbocycles. The zero-order valence-corrected chi connectivity index (χ0v) is 12.8. The van der Waals surface area contributed by atoms with Crippen LogP contribution in [0.2, 0.25) is 0 Å². The van der Waals surface area contributed by atoms with Gasteiger partial charge in [0, 0.05) is 18.7 Å². The first-order chi connectivity index (χ1) is 9.82. The number of hydrogen-bond donors (Lipinski definition) is 1. The van der Waals surface area contributed by atoms with Crippen LogP contribution in [0.25, 0.3) is 11.3 Å². The highest BCUT2D eigenvalue weighted by Gasteiger charge is 2.25. The molecule has 2 aromatic rings. The molecule has 0 aliphatic carbocycles. The molecule has 2 rings (SSSR count). The number of nitrogens with zero attached hydrogens (tertiary/aromatic N) is 3. The van der Waals surface area contributed by atoms with Crippen molar-refractivity contribution >= 4 is 11.5 Å². The van der Waals surface area contributed by atoms with Crippen LogP contribution < -0.4 is 5.73 Å². The lowest BCUT2D eigenvalue weighted by molar-refractivity contribution is -0.384. The molecule has 0 amide bonds. The van der Waals surface area contributed by atoms with Gasteiger partial charge < -0.3 is 5.73 Å². The predicted octanol–water partition coefficient (Wildman–Crippen LogP) is 3.08. The first-order valence-electron chi connectivity index (χ1n) is 6.88. The Bertz CT molecular complexity index is 689. The number of rotatable bonds is 4. The molecule has 0 saturated heterocycles. The molecule has 1 heterocycles. The Balaban J connectivity index is 2.73. The molecule has 0 fully saturated rings. The number of nitro benzene ring substituents is 1. The van der Waals surface area contributed by atoms with Gasteiger partial charge in [0.15, 0.2) is 0 Å². The van der Waals surface area contributed by atoms with Gasteiger partial charge in [-0.2, -0.15) is 5.10 Å². The number of nitro groups is 1. The smallest absolute Gasteiger partial charge is 0.279 e. The zero-order chi connectivity index (χ0) is 15.7. The third-order valence-corrected chi connectivity index (χ3v) is 3.49. The largest absolute Gasteiger partial charge is 0.384 e. The summed E-state index contributed by atoms with van der Waals surface area (Å²) in [5.74, 6) is 0.953. The summed E-state index contributed by atoms with van der Waals surface area (Å²) in [5.41, 5.74) is 9.05. The van der Waals surface area contributed by atoms with Crippen LogP contribution in [0.1, 0.15) is 25.0 Å². The van der Waals surface area contributed by atoms with Gasteiger partial charge in [-0.1, -0.05) is 26.0 Å². The van der Waals surface area contributed by atoms with Crippen LogP contribution in [0.3, 0.4) is 0 Å². The number of anilines is 1. The summed E-state index contributed by atoms with van der Waals surface area (Å²) in [6.45, 7) is 6.03. The van der Waals surface area contributed by atoms with E-state index in [1.165, 1.54) is 6.07 Å². The second kappa shape index (κ2) is 5.55. The topological polar surface area (TPSA) is 87.0 Å². The van der Waals surface area contributed by atoms with Gasteiger partial charge in [-0.25, -0.2) is 0 Å². The molecular weight excluding hydrogens is 268 g/mol. The average molecular weight is 288 g/mol. The number of hydrogen-bond acceptors (Lipinski definition) is 4. The predicted molar refractivity (Wildman–Crippen MR) is 83.0 cm³/mol. The van der Waals surface area contributed by atoms with Crippen LogP contribution in [0.5, 0.6) is 0 Å². The maximum Gasteiger partial charge on any atom is 0.279 e. The van der Waals surface area contributed by atoms with Gasteiger partial charge in [0.05, 0.1) is 10.5 Å². The van der Waals surface area contributed by atoms with Crippen LogP contribution in [0.15, 0.2) is 18.2 Å². The molecule has 0 unspecified atom stereocenters. The number of nitrogen functional groups attached to an aromatic ring is 1. The molecule has 0 atom stereocenters. The van der Waals surface area contributed by atoms with Crippen molar-refractivity contribution < 1.29 is 4.92 Å². The maximum absolute atomic E-state index is 11.3. The summed E-state index contributed by atoms with van der Waals surface area (Å²) in [5, 5.41) is 15.7. The first kappa shape index (κ1) is 15.0. The fourth-order valence-electron chi connectivity index (χ4n) is 2.50. The maximum atomic E-state index is 11.3. The van der Waals surface area contributed by atoms with E-state index in [9.17, 15) is 10.1 Å². The third-order valence-electron chi connectivity index (χ3n) is 3.49. The Morgan fingerprint density at radius 2 is 2.10 bits per heavy atom. The fourth-order valence-corrected chi connectivity index (χ4v) is 2.50.